The molecule has 0 atom stereocenters. The Balaban J connectivity index is 1.57. The summed E-state index contributed by atoms with van der Waals surface area (Å²) in [4.78, 5) is 12.3. The van der Waals surface area contributed by atoms with Crippen molar-refractivity contribution in [1.82, 2.24) is 14.8 Å². The summed E-state index contributed by atoms with van der Waals surface area (Å²) < 4.78 is 18.3. The molecule has 1 amide bonds. The molecule has 9 heteroatoms. The lowest BCUT2D eigenvalue weighted by atomic mass is 10.2. The quantitative estimate of drug-likeness (QED) is 0.522. The zero-order chi connectivity index (χ0) is 21.5. The Hall–Kier alpha value is -3.20. The number of nitrogens with zero attached hydrogens (tertiary/aromatic N) is 3. The Morgan fingerprint density at radius 1 is 1.07 bits per heavy atom. The van der Waals surface area contributed by atoms with Gasteiger partial charge >= 0.3 is 0 Å². The first-order chi connectivity index (χ1) is 14.5. The van der Waals surface area contributed by atoms with Crippen molar-refractivity contribution in [2.24, 2.45) is 7.05 Å². The van der Waals surface area contributed by atoms with Crippen molar-refractivity contribution >= 4 is 23.4 Å². The lowest BCUT2D eigenvalue weighted by molar-refractivity contribution is -0.113. The molecule has 0 spiro atoms. The van der Waals surface area contributed by atoms with E-state index in [2.05, 4.69) is 15.5 Å². The van der Waals surface area contributed by atoms with E-state index in [1.807, 2.05) is 48.9 Å². The van der Waals surface area contributed by atoms with Gasteiger partial charge in [-0.2, -0.15) is 0 Å². The number of methoxy groups -OCH3 is 2. The van der Waals surface area contributed by atoms with Crippen LogP contribution >= 0.6 is 11.8 Å². The third-order valence-electron chi connectivity index (χ3n) is 4.31. The van der Waals surface area contributed by atoms with Crippen LogP contribution in [0.4, 0.5) is 5.69 Å². The fourth-order valence-electron chi connectivity index (χ4n) is 2.70. The van der Waals surface area contributed by atoms with Gasteiger partial charge in [0.05, 0.1) is 25.7 Å². The van der Waals surface area contributed by atoms with Gasteiger partial charge in [0.1, 0.15) is 12.4 Å². The molecule has 0 aliphatic rings. The van der Waals surface area contributed by atoms with Gasteiger partial charge in [-0.1, -0.05) is 30.0 Å². The molecule has 1 aromatic heterocycles. The summed E-state index contributed by atoms with van der Waals surface area (Å²) in [5.74, 6) is 2.59. The summed E-state index contributed by atoms with van der Waals surface area (Å²) in [5, 5.41) is 11.8. The van der Waals surface area contributed by atoms with Crippen molar-refractivity contribution < 1.29 is 19.0 Å². The van der Waals surface area contributed by atoms with Crippen molar-refractivity contribution in [2.45, 2.75) is 18.7 Å². The molecule has 0 bridgehead atoms. The second-order valence-electron chi connectivity index (χ2n) is 6.44. The zero-order valence-electron chi connectivity index (χ0n) is 17.3. The van der Waals surface area contributed by atoms with E-state index in [9.17, 15) is 4.79 Å². The minimum Gasteiger partial charge on any atom is -0.495 e. The SMILES string of the molecule is COc1ccccc1NC(=O)CSc1nnc(COc2ccc(C)cc2OC)n1C. The van der Waals surface area contributed by atoms with E-state index in [1.54, 1.807) is 26.4 Å². The number of ether oxygens (including phenoxy) is 3. The largest absolute Gasteiger partial charge is 0.495 e. The van der Waals surface area contributed by atoms with Crippen molar-refractivity contribution in [3.63, 3.8) is 0 Å². The number of nitrogens with one attached hydrogen (secondary N) is 1. The van der Waals surface area contributed by atoms with Gasteiger partial charge in [0.25, 0.3) is 0 Å². The Morgan fingerprint density at radius 3 is 2.60 bits per heavy atom. The first kappa shape index (κ1) is 21.5. The van der Waals surface area contributed by atoms with Gasteiger partial charge in [-0.15, -0.1) is 10.2 Å². The number of carbonyl (C=O) groups is 1. The Labute approximate surface area is 179 Å². The van der Waals surface area contributed by atoms with Crippen LogP contribution in [-0.2, 0) is 18.4 Å². The van der Waals surface area contributed by atoms with Gasteiger partial charge in [0.2, 0.25) is 5.91 Å². The first-order valence-electron chi connectivity index (χ1n) is 9.23. The smallest absolute Gasteiger partial charge is 0.234 e. The van der Waals surface area contributed by atoms with Gasteiger partial charge in [-0.3, -0.25) is 4.79 Å². The van der Waals surface area contributed by atoms with E-state index in [4.69, 9.17) is 14.2 Å². The lowest BCUT2D eigenvalue weighted by Crippen LogP contribution is -2.15. The average Bonchev–Trinajstić information content (AvgIpc) is 3.11. The molecule has 2 aromatic carbocycles. The van der Waals surface area contributed by atoms with Crippen LogP contribution in [0.5, 0.6) is 17.2 Å². The molecule has 0 aliphatic carbocycles. The predicted octanol–water partition coefficient (Wildman–Crippen LogP) is 3.45. The van der Waals surface area contributed by atoms with Crippen LogP contribution in [0.15, 0.2) is 47.6 Å². The van der Waals surface area contributed by atoms with Gasteiger partial charge < -0.3 is 24.1 Å². The van der Waals surface area contributed by atoms with Crippen LogP contribution in [0, 0.1) is 6.92 Å². The highest BCUT2D eigenvalue weighted by Crippen LogP contribution is 2.29. The van der Waals surface area contributed by atoms with Crippen LogP contribution in [0.3, 0.4) is 0 Å². The van der Waals surface area contributed by atoms with Crippen LogP contribution in [0.2, 0.25) is 0 Å². The highest BCUT2D eigenvalue weighted by molar-refractivity contribution is 7.99. The fourth-order valence-corrected chi connectivity index (χ4v) is 3.43. The second-order valence-corrected chi connectivity index (χ2v) is 7.38. The molecule has 1 heterocycles. The number of anilines is 1. The number of rotatable bonds is 9. The molecule has 0 fully saturated rings. The number of para-hydroxylation sites is 2. The third kappa shape index (κ3) is 5.24. The summed E-state index contributed by atoms with van der Waals surface area (Å²) in [5.41, 5.74) is 1.72. The minimum atomic E-state index is -0.158. The van der Waals surface area contributed by atoms with E-state index < -0.39 is 0 Å². The summed E-state index contributed by atoms with van der Waals surface area (Å²) >= 11 is 1.30. The van der Waals surface area contributed by atoms with Gasteiger partial charge in [-0.25, -0.2) is 0 Å². The van der Waals surface area contributed by atoms with Crippen molar-refractivity contribution in [1.29, 1.82) is 0 Å². The molecule has 0 saturated carbocycles. The van der Waals surface area contributed by atoms with Crippen LogP contribution < -0.4 is 19.5 Å². The summed E-state index contributed by atoms with van der Waals surface area (Å²) in [6.07, 6.45) is 0. The average molecular weight is 429 g/mol. The third-order valence-corrected chi connectivity index (χ3v) is 5.33. The standard InChI is InChI=1S/C21H24N4O4S/c1-14-9-10-17(18(11-14)28-4)29-12-19-23-24-21(25(19)2)30-13-20(26)22-15-7-5-6-8-16(15)27-3/h5-11H,12-13H2,1-4H3,(H,22,26). The lowest BCUT2D eigenvalue weighted by Gasteiger charge is -2.11. The van der Waals surface area contributed by atoms with E-state index >= 15 is 0 Å². The second kappa shape index (κ2) is 10.0. The Morgan fingerprint density at radius 2 is 1.83 bits per heavy atom. The van der Waals surface area contributed by atoms with Gasteiger partial charge in [-0.05, 0) is 36.8 Å². The Bertz CT molecular complexity index is 1020. The number of aromatic nitrogens is 3. The van der Waals surface area contributed by atoms with E-state index in [1.165, 1.54) is 11.8 Å². The molecule has 3 rings (SSSR count). The topological polar surface area (TPSA) is 87.5 Å². The molecule has 0 saturated heterocycles. The molecule has 3 aromatic rings. The van der Waals surface area contributed by atoms with Crippen molar-refractivity contribution in [3.05, 3.63) is 53.9 Å². The minimum absolute atomic E-state index is 0.158. The highest BCUT2D eigenvalue weighted by Gasteiger charge is 2.14. The molecular weight excluding hydrogens is 404 g/mol. The monoisotopic (exact) mass is 428 g/mol. The summed E-state index contributed by atoms with van der Waals surface area (Å²) in [7, 11) is 5.01. The predicted molar refractivity (Wildman–Crippen MR) is 115 cm³/mol. The molecule has 158 valence electrons. The first-order valence-corrected chi connectivity index (χ1v) is 10.2. The molecule has 8 nitrogen and oxygen atoms in total. The maximum absolute atomic E-state index is 12.3. The summed E-state index contributed by atoms with van der Waals surface area (Å²) in [6, 6.07) is 13.0. The van der Waals surface area contributed by atoms with Crippen LogP contribution in [0.1, 0.15) is 11.4 Å². The van der Waals surface area contributed by atoms with E-state index in [-0.39, 0.29) is 18.3 Å². The molecule has 30 heavy (non-hydrogen) atoms. The van der Waals surface area contributed by atoms with Crippen LogP contribution in [-0.4, -0.2) is 40.6 Å². The molecule has 1 N–H and O–H groups in total. The van der Waals surface area contributed by atoms with E-state index in [0.29, 0.717) is 33.9 Å². The van der Waals surface area contributed by atoms with Crippen LogP contribution in [0.25, 0.3) is 0 Å². The molecule has 0 unspecified atom stereocenters. The maximum Gasteiger partial charge on any atom is 0.234 e. The molecule has 0 aliphatic heterocycles. The summed E-state index contributed by atoms with van der Waals surface area (Å²) in [6.45, 7) is 2.22. The normalized spacial score (nSPS) is 10.5. The maximum atomic E-state index is 12.3. The number of aryl methyl sites for hydroxylation is 1. The van der Waals surface area contributed by atoms with Crippen molar-refractivity contribution in [2.75, 3.05) is 25.3 Å². The van der Waals surface area contributed by atoms with E-state index in [0.717, 1.165) is 5.56 Å². The highest BCUT2D eigenvalue weighted by atomic mass is 32.2. The van der Waals surface area contributed by atoms with Crippen molar-refractivity contribution in [3.8, 4) is 17.2 Å². The molecule has 0 radical (unpaired) electrons. The zero-order valence-corrected chi connectivity index (χ0v) is 18.2. The van der Waals surface area contributed by atoms with Gasteiger partial charge in [0, 0.05) is 7.05 Å². The number of benzene rings is 2. The number of amides is 1. The number of thioether (sulfide) groups is 1. The Kier molecular flexibility index (Phi) is 7.18. The molecular formula is C21H24N4O4S. The number of hydrogen-bond donors (Lipinski definition) is 1. The fraction of sp³-hybridized carbons (Fsp3) is 0.286. The number of hydrogen-bond acceptors (Lipinski definition) is 7. The van der Waals surface area contributed by atoms with Gasteiger partial charge in [0.15, 0.2) is 22.5 Å². The number of carbonyl (C=O) groups excluding carboxylic acids is 1.